The molecule has 1 saturated heterocycles. The Morgan fingerprint density at radius 2 is 2.13 bits per heavy atom. The van der Waals surface area contributed by atoms with E-state index < -0.39 is 17.5 Å². The molecule has 1 aliphatic carbocycles. The van der Waals surface area contributed by atoms with E-state index in [0.717, 1.165) is 23.3 Å². The Morgan fingerprint density at radius 1 is 1.43 bits per heavy atom. The van der Waals surface area contributed by atoms with Crippen LogP contribution >= 0.6 is 11.6 Å². The van der Waals surface area contributed by atoms with Crippen molar-refractivity contribution in [3.63, 3.8) is 0 Å². The van der Waals surface area contributed by atoms with E-state index in [0.29, 0.717) is 10.7 Å². The van der Waals surface area contributed by atoms with Gasteiger partial charge in [-0.3, -0.25) is 14.5 Å². The topological polar surface area (TPSA) is 78.5 Å². The summed E-state index contributed by atoms with van der Waals surface area (Å²) in [6, 6.07) is 4.64. The van der Waals surface area contributed by atoms with Crippen LogP contribution < -0.4 is 10.6 Å². The third-order valence-electron chi connectivity index (χ3n) is 4.47. The van der Waals surface area contributed by atoms with Crippen molar-refractivity contribution in [3.05, 3.63) is 28.8 Å². The zero-order valence-corrected chi connectivity index (χ0v) is 13.7. The molecule has 7 heteroatoms. The summed E-state index contributed by atoms with van der Waals surface area (Å²) in [6.07, 6.45) is 1.84. The lowest BCUT2D eigenvalue weighted by molar-refractivity contribution is -0.134. The maximum absolute atomic E-state index is 12.5. The Bertz CT molecular complexity index is 702. The molecule has 1 saturated carbocycles. The fourth-order valence-corrected chi connectivity index (χ4v) is 3.03. The van der Waals surface area contributed by atoms with Crippen LogP contribution in [0.2, 0.25) is 5.02 Å². The molecule has 3 rings (SSSR count). The average Bonchev–Trinajstić information content (AvgIpc) is 3.29. The number of halogens is 1. The van der Waals surface area contributed by atoms with Crippen LogP contribution in [0.5, 0.6) is 0 Å². The van der Waals surface area contributed by atoms with Crippen LogP contribution in [0.4, 0.5) is 10.5 Å². The van der Waals surface area contributed by atoms with Gasteiger partial charge in [0.1, 0.15) is 12.1 Å². The van der Waals surface area contributed by atoms with Gasteiger partial charge in [-0.2, -0.15) is 0 Å². The highest BCUT2D eigenvalue weighted by molar-refractivity contribution is 6.31. The van der Waals surface area contributed by atoms with Gasteiger partial charge in [-0.05, 0) is 50.3 Å². The maximum Gasteiger partial charge on any atom is 0.325 e. The van der Waals surface area contributed by atoms with Crippen molar-refractivity contribution in [3.8, 4) is 0 Å². The average molecular weight is 336 g/mol. The summed E-state index contributed by atoms with van der Waals surface area (Å²) < 4.78 is 0. The number of imide groups is 1. The molecule has 0 unspecified atom stereocenters. The second kappa shape index (κ2) is 5.53. The number of carbonyl (C=O) groups excluding carboxylic acids is 3. The highest BCUT2D eigenvalue weighted by atomic mass is 35.5. The summed E-state index contributed by atoms with van der Waals surface area (Å²) in [6.45, 7) is 3.26. The minimum atomic E-state index is -0.872. The van der Waals surface area contributed by atoms with Crippen LogP contribution in [-0.2, 0) is 9.59 Å². The molecular weight excluding hydrogens is 318 g/mol. The van der Waals surface area contributed by atoms with E-state index in [1.807, 2.05) is 6.92 Å². The largest absolute Gasteiger partial charge is 0.325 e. The first kappa shape index (κ1) is 15.8. The quantitative estimate of drug-likeness (QED) is 0.829. The summed E-state index contributed by atoms with van der Waals surface area (Å²) >= 11 is 5.92. The van der Waals surface area contributed by atoms with E-state index in [1.165, 1.54) is 0 Å². The molecule has 0 radical (unpaired) electrons. The predicted molar refractivity (Wildman–Crippen MR) is 86.2 cm³/mol. The summed E-state index contributed by atoms with van der Waals surface area (Å²) in [7, 11) is 0. The molecule has 6 nitrogen and oxygen atoms in total. The van der Waals surface area contributed by atoms with Crippen LogP contribution in [0.1, 0.15) is 25.3 Å². The number of hydrogen-bond acceptors (Lipinski definition) is 3. The summed E-state index contributed by atoms with van der Waals surface area (Å²) in [5.74, 6) is -0.593. The van der Waals surface area contributed by atoms with Gasteiger partial charge < -0.3 is 10.6 Å². The molecule has 122 valence electrons. The molecule has 4 amide bonds. The molecule has 2 aliphatic rings. The summed E-state index contributed by atoms with van der Waals surface area (Å²) in [4.78, 5) is 37.7. The lowest BCUT2D eigenvalue weighted by Crippen LogP contribution is -2.46. The number of hydrogen-bond donors (Lipinski definition) is 2. The molecule has 1 atom stereocenters. The number of aryl methyl sites for hydroxylation is 1. The van der Waals surface area contributed by atoms with Crippen molar-refractivity contribution in [2.24, 2.45) is 5.92 Å². The van der Waals surface area contributed by atoms with Gasteiger partial charge in [0.15, 0.2) is 0 Å². The number of anilines is 1. The van der Waals surface area contributed by atoms with Gasteiger partial charge in [0.25, 0.3) is 5.91 Å². The number of benzene rings is 1. The van der Waals surface area contributed by atoms with Crippen LogP contribution in [-0.4, -0.2) is 34.8 Å². The smallest absolute Gasteiger partial charge is 0.324 e. The first-order valence-corrected chi connectivity index (χ1v) is 7.89. The number of carbonyl (C=O) groups is 3. The van der Waals surface area contributed by atoms with Gasteiger partial charge in [-0.25, -0.2) is 4.79 Å². The van der Waals surface area contributed by atoms with E-state index in [4.69, 9.17) is 11.6 Å². The number of nitrogens with one attached hydrogen (secondary N) is 2. The van der Waals surface area contributed by atoms with Crippen molar-refractivity contribution >= 4 is 35.1 Å². The highest BCUT2D eigenvalue weighted by Crippen LogP contribution is 2.42. The number of urea groups is 1. The maximum atomic E-state index is 12.5. The van der Waals surface area contributed by atoms with Gasteiger partial charge in [-0.15, -0.1) is 0 Å². The second-order valence-electron chi connectivity index (χ2n) is 6.31. The SMILES string of the molecule is Cc1ccc(Cl)cc1NC(=O)CN1C(=O)N[C@](C)(C2CC2)C1=O. The predicted octanol–water partition coefficient (Wildman–Crippen LogP) is 2.31. The molecule has 0 aromatic heterocycles. The number of nitrogens with zero attached hydrogens (tertiary/aromatic N) is 1. The molecule has 1 aromatic rings. The molecular formula is C16H18ClN3O3. The third-order valence-corrected chi connectivity index (χ3v) is 4.71. The molecule has 1 aromatic carbocycles. The third kappa shape index (κ3) is 2.91. The van der Waals surface area contributed by atoms with Crippen LogP contribution in [0, 0.1) is 12.8 Å². The van der Waals surface area contributed by atoms with E-state index in [1.54, 1.807) is 25.1 Å². The lowest BCUT2D eigenvalue weighted by Gasteiger charge is -2.20. The van der Waals surface area contributed by atoms with E-state index in [9.17, 15) is 14.4 Å². The first-order chi connectivity index (χ1) is 10.8. The zero-order valence-electron chi connectivity index (χ0n) is 13.0. The minimum Gasteiger partial charge on any atom is -0.324 e. The summed E-state index contributed by atoms with van der Waals surface area (Å²) in [5, 5.41) is 5.91. The minimum absolute atomic E-state index is 0.169. The first-order valence-electron chi connectivity index (χ1n) is 7.51. The number of amides is 4. The van der Waals surface area contributed by atoms with Crippen LogP contribution in [0.3, 0.4) is 0 Å². The fourth-order valence-electron chi connectivity index (χ4n) is 2.86. The Balaban J connectivity index is 1.69. The van der Waals surface area contributed by atoms with E-state index in [-0.39, 0.29) is 18.4 Å². The van der Waals surface area contributed by atoms with E-state index in [2.05, 4.69) is 10.6 Å². The van der Waals surface area contributed by atoms with Gasteiger partial charge >= 0.3 is 6.03 Å². The molecule has 1 aliphatic heterocycles. The monoisotopic (exact) mass is 335 g/mol. The van der Waals surface area contributed by atoms with Crippen LogP contribution in [0.15, 0.2) is 18.2 Å². The highest BCUT2D eigenvalue weighted by Gasteiger charge is 2.56. The number of rotatable bonds is 4. The molecule has 0 spiro atoms. The Hall–Kier alpha value is -2.08. The van der Waals surface area contributed by atoms with Crippen molar-refractivity contribution in [2.45, 2.75) is 32.2 Å². The Kier molecular flexibility index (Phi) is 3.80. The Morgan fingerprint density at radius 3 is 2.78 bits per heavy atom. The van der Waals surface area contributed by atoms with Crippen molar-refractivity contribution in [1.82, 2.24) is 10.2 Å². The Labute approximate surface area is 139 Å². The normalized spacial score (nSPS) is 23.9. The molecule has 2 fully saturated rings. The zero-order chi connectivity index (χ0) is 16.8. The molecule has 23 heavy (non-hydrogen) atoms. The molecule has 1 heterocycles. The van der Waals surface area contributed by atoms with Gasteiger partial charge in [-0.1, -0.05) is 17.7 Å². The standard InChI is InChI=1S/C16H18ClN3O3/c1-9-3-6-11(17)7-12(9)18-13(21)8-20-14(22)16(2,10-4-5-10)19-15(20)23/h3,6-7,10H,4-5,8H2,1-2H3,(H,18,21)(H,19,23)/t16-/m1/s1. The van der Waals surface area contributed by atoms with Crippen molar-refractivity contribution < 1.29 is 14.4 Å². The molecule has 2 N–H and O–H groups in total. The van der Waals surface area contributed by atoms with Crippen LogP contribution in [0.25, 0.3) is 0 Å². The van der Waals surface area contributed by atoms with Gasteiger partial charge in [0, 0.05) is 10.7 Å². The second-order valence-corrected chi connectivity index (χ2v) is 6.74. The van der Waals surface area contributed by atoms with Gasteiger partial charge in [0.05, 0.1) is 0 Å². The molecule has 0 bridgehead atoms. The summed E-state index contributed by atoms with van der Waals surface area (Å²) in [5.41, 5.74) is 0.547. The lowest BCUT2D eigenvalue weighted by atomic mass is 9.96. The van der Waals surface area contributed by atoms with Crippen molar-refractivity contribution in [2.75, 3.05) is 11.9 Å². The van der Waals surface area contributed by atoms with Gasteiger partial charge in [0.2, 0.25) is 5.91 Å². The van der Waals surface area contributed by atoms with E-state index >= 15 is 0 Å². The van der Waals surface area contributed by atoms with Crippen molar-refractivity contribution in [1.29, 1.82) is 0 Å². The fraction of sp³-hybridized carbons (Fsp3) is 0.438.